The molecule has 8 heteroatoms. The Bertz CT molecular complexity index is 1210. The lowest BCUT2D eigenvalue weighted by Crippen LogP contribution is -2.14. The van der Waals surface area contributed by atoms with Crippen LogP contribution in [0.15, 0.2) is 70.7 Å². The van der Waals surface area contributed by atoms with E-state index in [2.05, 4.69) is 21.2 Å². The molecular weight excluding hydrogens is 506 g/mol. The summed E-state index contributed by atoms with van der Waals surface area (Å²) in [5.41, 5.74) is 1.07. The Labute approximate surface area is 197 Å². The molecule has 3 aromatic rings. The van der Waals surface area contributed by atoms with Crippen molar-refractivity contribution in [1.82, 2.24) is 0 Å². The Morgan fingerprint density at radius 3 is 2.61 bits per heavy atom. The van der Waals surface area contributed by atoms with Crippen molar-refractivity contribution in [2.24, 2.45) is 0 Å². The molecule has 1 N–H and O–H groups in total. The number of carbonyl (C=O) groups is 1. The SMILES string of the molecule is N#C/C(=C/c1cc(Br)ccc1OCc1ccc(Cl)c(Cl)c1)C(=O)Nc1ccccc1F. The third-order valence-corrected chi connectivity index (χ3v) is 5.37. The maximum atomic E-state index is 13.8. The zero-order chi connectivity index (χ0) is 22.4. The molecule has 4 nitrogen and oxygen atoms in total. The average Bonchev–Trinajstić information content (AvgIpc) is 2.75. The molecule has 0 atom stereocenters. The van der Waals surface area contributed by atoms with E-state index in [9.17, 15) is 14.4 Å². The normalized spacial score (nSPS) is 11.0. The van der Waals surface area contributed by atoms with Gasteiger partial charge >= 0.3 is 0 Å². The van der Waals surface area contributed by atoms with Crippen molar-refractivity contribution >= 4 is 56.8 Å². The molecule has 0 bridgehead atoms. The summed E-state index contributed by atoms with van der Waals surface area (Å²) in [4.78, 5) is 12.5. The van der Waals surface area contributed by atoms with Crippen molar-refractivity contribution in [2.75, 3.05) is 5.32 Å². The summed E-state index contributed by atoms with van der Waals surface area (Å²) in [6, 6.07) is 17.9. The van der Waals surface area contributed by atoms with Crippen LogP contribution in [0.1, 0.15) is 11.1 Å². The summed E-state index contributed by atoms with van der Waals surface area (Å²) in [5.74, 6) is -0.884. The van der Waals surface area contributed by atoms with Gasteiger partial charge in [-0.3, -0.25) is 4.79 Å². The molecule has 0 aliphatic rings. The molecule has 0 aromatic heterocycles. The molecule has 3 rings (SSSR count). The molecule has 0 unspecified atom stereocenters. The molecule has 0 saturated carbocycles. The Morgan fingerprint density at radius 1 is 1.13 bits per heavy atom. The number of hydrogen-bond acceptors (Lipinski definition) is 3. The van der Waals surface area contributed by atoms with E-state index >= 15 is 0 Å². The van der Waals surface area contributed by atoms with Gasteiger partial charge in [0, 0.05) is 10.0 Å². The lowest BCUT2D eigenvalue weighted by Gasteiger charge is -2.11. The Kier molecular flexibility index (Phi) is 7.69. The standard InChI is InChI=1S/C23H14BrCl2FN2O2/c24-17-6-8-22(31-13-14-5-7-18(25)19(26)9-14)15(11-17)10-16(12-28)23(30)29-21-4-2-1-3-20(21)27/h1-11H,13H2,(H,29,30)/b16-10-. The van der Waals surface area contributed by atoms with Crippen molar-refractivity contribution in [1.29, 1.82) is 5.26 Å². The number of carbonyl (C=O) groups excluding carboxylic acids is 1. The number of halogens is 4. The minimum absolute atomic E-state index is 0.0148. The fourth-order valence-electron chi connectivity index (χ4n) is 2.61. The van der Waals surface area contributed by atoms with Crippen LogP contribution in [0.2, 0.25) is 10.0 Å². The van der Waals surface area contributed by atoms with E-state index < -0.39 is 11.7 Å². The topological polar surface area (TPSA) is 62.1 Å². The molecule has 156 valence electrons. The molecule has 0 aliphatic heterocycles. The number of benzene rings is 3. The van der Waals surface area contributed by atoms with Gasteiger partial charge in [0.15, 0.2) is 0 Å². The van der Waals surface area contributed by atoms with Crippen LogP contribution < -0.4 is 10.1 Å². The lowest BCUT2D eigenvalue weighted by atomic mass is 10.1. The summed E-state index contributed by atoms with van der Waals surface area (Å²) in [6.07, 6.45) is 1.38. The van der Waals surface area contributed by atoms with Gasteiger partial charge < -0.3 is 10.1 Å². The molecule has 0 aliphatic carbocycles. The van der Waals surface area contributed by atoms with Gasteiger partial charge in [0.05, 0.1) is 15.7 Å². The van der Waals surface area contributed by atoms with Gasteiger partial charge in [0.2, 0.25) is 0 Å². The first-order chi connectivity index (χ1) is 14.9. The molecule has 31 heavy (non-hydrogen) atoms. The predicted octanol–water partition coefficient (Wildman–Crippen LogP) is 7.02. The van der Waals surface area contributed by atoms with E-state index in [1.54, 1.807) is 42.5 Å². The van der Waals surface area contributed by atoms with Crippen molar-refractivity contribution in [3.05, 3.63) is 97.7 Å². The van der Waals surface area contributed by atoms with Gasteiger partial charge in [0.1, 0.15) is 29.8 Å². The van der Waals surface area contributed by atoms with Gasteiger partial charge in [0.25, 0.3) is 5.91 Å². The van der Waals surface area contributed by atoms with E-state index in [1.807, 2.05) is 6.07 Å². The number of rotatable bonds is 6. The first-order valence-corrected chi connectivity index (χ1v) is 10.5. The highest BCUT2D eigenvalue weighted by Crippen LogP contribution is 2.28. The highest BCUT2D eigenvalue weighted by atomic mass is 79.9. The Hall–Kier alpha value is -2.85. The van der Waals surface area contributed by atoms with Gasteiger partial charge in [-0.2, -0.15) is 5.26 Å². The Balaban J connectivity index is 1.84. The smallest absolute Gasteiger partial charge is 0.266 e. The molecule has 0 spiro atoms. The lowest BCUT2D eigenvalue weighted by molar-refractivity contribution is -0.112. The van der Waals surface area contributed by atoms with E-state index in [-0.39, 0.29) is 17.9 Å². The monoisotopic (exact) mass is 518 g/mol. The summed E-state index contributed by atoms with van der Waals surface area (Å²) >= 11 is 15.3. The molecule has 0 radical (unpaired) electrons. The van der Waals surface area contributed by atoms with Crippen molar-refractivity contribution in [3.63, 3.8) is 0 Å². The van der Waals surface area contributed by atoms with Crippen molar-refractivity contribution in [2.45, 2.75) is 6.61 Å². The van der Waals surface area contributed by atoms with Crippen LogP contribution in [0.4, 0.5) is 10.1 Å². The second kappa shape index (κ2) is 10.5. The van der Waals surface area contributed by atoms with E-state index in [0.717, 1.165) is 10.0 Å². The average molecular weight is 520 g/mol. The molecular formula is C23H14BrCl2FN2O2. The molecule has 0 heterocycles. The zero-order valence-corrected chi connectivity index (χ0v) is 18.9. The van der Waals surface area contributed by atoms with Crippen LogP contribution in [-0.4, -0.2) is 5.91 Å². The van der Waals surface area contributed by atoms with Gasteiger partial charge in [-0.25, -0.2) is 4.39 Å². The fourth-order valence-corrected chi connectivity index (χ4v) is 3.31. The number of anilines is 1. The summed E-state index contributed by atoms with van der Waals surface area (Å²) in [5, 5.41) is 12.7. The summed E-state index contributed by atoms with van der Waals surface area (Å²) < 4.78 is 20.4. The largest absolute Gasteiger partial charge is 0.488 e. The van der Waals surface area contributed by atoms with Crippen LogP contribution in [0.3, 0.4) is 0 Å². The van der Waals surface area contributed by atoms with Crippen molar-refractivity contribution in [3.8, 4) is 11.8 Å². The second-order valence-electron chi connectivity index (χ2n) is 6.32. The number of hydrogen-bond donors (Lipinski definition) is 1. The second-order valence-corrected chi connectivity index (χ2v) is 8.05. The third-order valence-electron chi connectivity index (χ3n) is 4.14. The van der Waals surface area contributed by atoms with Crippen LogP contribution in [0.25, 0.3) is 6.08 Å². The molecule has 0 fully saturated rings. The van der Waals surface area contributed by atoms with Gasteiger partial charge in [-0.1, -0.05) is 57.3 Å². The number of nitriles is 1. The highest BCUT2D eigenvalue weighted by Gasteiger charge is 2.14. The minimum Gasteiger partial charge on any atom is -0.488 e. The molecule has 3 aromatic carbocycles. The number of nitrogens with zero attached hydrogens (tertiary/aromatic N) is 1. The third kappa shape index (κ3) is 6.08. The quantitative estimate of drug-likeness (QED) is 0.281. The maximum Gasteiger partial charge on any atom is 0.266 e. The zero-order valence-electron chi connectivity index (χ0n) is 15.8. The molecule has 1 amide bonds. The van der Waals surface area contributed by atoms with Crippen LogP contribution in [0.5, 0.6) is 5.75 Å². The number of amides is 1. The highest BCUT2D eigenvalue weighted by molar-refractivity contribution is 9.10. The number of para-hydroxylation sites is 1. The van der Waals surface area contributed by atoms with Crippen LogP contribution in [0, 0.1) is 17.1 Å². The van der Waals surface area contributed by atoms with Crippen molar-refractivity contribution < 1.29 is 13.9 Å². The maximum absolute atomic E-state index is 13.8. The molecule has 0 saturated heterocycles. The first kappa shape index (κ1) is 22.8. The van der Waals surface area contributed by atoms with E-state index in [1.165, 1.54) is 24.3 Å². The Morgan fingerprint density at radius 2 is 1.90 bits per heavy atom. The predicted molar refractivity (Wildman–Crippen MR) is 124 cm³/mol. The first-order valence-electron chi connectivity index (χ1n) is 8.91. The van der Waals surface area contributed by atoms with Gasteiger partial charge in [-0.15, -0.1) is 0 Å². The van der Waals surface area contributed by atoms with E-state index in [4.69, 9.17) is 27.9 Å². The number of ether oxygens (including phenoxy) is 1. The fraction of sp³-hybridized carbons (Fsp3) is 0.0435. The van der Waals surface area contributed by atoms with Crippen LogP contribution >= 0.6 is 39.1 Å². The number of nitrogens with one attached hydrogen (secondary N) is 1. The summed E-state index contributed by atoms with van der Waals surface area (Å²) in [6.45, 7) is 0.197. The van der Waals surface area contributed by atoms with E-state index in [0.29, 0.717) is 21.4 Å². The van der Waals surface area contributed by atoms with Crippen LogP contribution in [-0.2, 0) is 11.4 Å². The van der Waals surface area contributed by atoms with Gasteiger partial charge in [-0.05, 0) is 54.1 Å². The summed E-state index contributed by atoms with van der Waals surface area (Å²) in [7, 11) is 0. The minimum atomic E-state index is -0.733.